The molecule has 1 aliphatic rings. The van der Waals surface area contributed by atoms with Crippen molar-refractivity contribution in [3.63, 3.8) is 0 Å². The Bertz CT molecular complexity index is 510. The lowest BCUT2D eigenvalue weighted by Crippen LogP contribution is -2.29. The number of nitrogens with zero attached hydrogens (tertiary/aromatic N) is 1. The van der Waals surface area contributed by atoms with E-state index in [1.165, 1.54) is 0 Å². The van der Waals surface area contributed by atoms with E-state index in [9.17, 15) is 0 Å². The highest BCUT2D eigenvalue weighted by atomic mass is 32.1. The number of fused-ring (bicyclic) bond motifs is 1. The summed E-state index contributed by atoms with van der Waals surface area (Å²) in [5.74, 6) is 0.948. The van der Waals surface area contributed by atoms with Gasteiger partial charge in [0.1, 0.15) is 16.9 Å². The van der Waals surface area contributed by atoms with Gasteiger partial charge in [-0.15, -0.1) is 11.3 Å². The van der Waals surface area contributed by atoms with Crippen LogP contribution < -0.4 is 10.1 Å². The van der Waals surface area contributed by atoms with Crippen molar-refractivity contribution in [3.8, 4) is 16.3 Å². The van der Waals surface area contributed by atoms with Crippen LogP contribution in [-0.2, 0) is 0 Å². The molecule has 0 spiro atoms. The SMILES string of the molecule is CCC1CNc2cc(-c3nccs3)ccc2O1. The lowest BCUT2D eigenvalue weighted by molar-refractivity contribution is 0.202. The number of anilines is 1. The molecule has 2 aromatic rings. The molecule has 0 radical (unpaired) electrons. The van der Waals surface area contributed by atoms with E-state index in [1.54, 1.807) is 11.3 Å². The number of benzene rings is 1. The van der Waals surface area contributed by atoms with E-state index >= 15 is 0 Å². The van der Waals surface area contributed by atoms with Crippen molar-refractivity contribution in [1.82, 2.24) is 4.98 Å². The summed E-state index contributed by atoms with van der Waals surface area (Å²) in [5, 5.41) is 6.46. The summed E-state index contributed by atoms with van der Waals surface area (Å²) in [5.41, 5.74) is 2.21. The van der Waals surface area contributed by atoms with Crippen molar-refractivity contribution in [2.45, 2.75) is 19.4 Å². The summed E-state index contributed by atoms with van der Waals surface area (Å²) in [4.78, 5) is 4.32. The van der Waals surface area contributed by atoms with Gasteiger partial charge in [0.2, 0.25) is 0 Å². The van der Waals surface area contributed by atoms with E-state index in [0.717, 1.165) is 35.0 Å². The fourth-order valence-electron chi connectivity index (χ4n) is 1.94. The van der Waals surface area contributed by atoms with Crippen molar-refractivity contribution in [2.75, 3.05) is 11.9 Å². The third-order valence-electron chi connectivity index (χ3n) is 2.93. The lowest BCUT2D eigenvalue weighted by atomic mass is 10.1. The molecule has 0 saturated carbocycles. The van der Waals surface area contributed by atoms with Gasteiger partial charge in [0.15, 0.2) is 0 Å². The quantitative estimate of drug-likeness (QED) is 0.882. The second-order valence-electron chi connectivity index (χ2n) is 4.08. The summed E-state index contributed by atoms with van der Waals surface area (Å²) in [7, 11) is 0. The van der Waals surface area contributed by atoms with Crippen LogP contribution in [0.5, 0.6) is 5.75 Å². The molecular weight excluding hydrogens is 232 g/mol. The predicted molar refractivity (Wildman–Crippen MR) is 70.7 cm³/mol. The van der Waals surface area contributed by atoms with Gasteiger partial charge in [0, 0.05) is 17.1 Å². The molecule has 1 aromatic heterocycles. The Morgan fingerprint density at radius 2 is 2.47 bits per heavy atom. The van der Waals surface area contributed by atoms with Crippen LogP contribution in [0.2, 0.25) is 0 Å². The van der Waals surface area contributed by atoms with Gasteiger partial charge in [-0.05, 0) is 24.6 Å². The number of hydrogen-bond donors (Lipinski definition) is 1. The van der Waals surface area contributed by atoms with Crippen LogP contribution in [0.1, 0.15) is 13.3 Å². The Labute approximate surface area is 104 Å². The molecule has 17 heavy (non-hydrogen) atoms. The second-order valence-corrected chi connectivity index (χ2v) is 4.97. The molecule has 1 aliphatic heterocycles. The number of ether oxygens (including phenoxy) is 1. The number of nitrogens with one attached hydrogen (secondary N) is 1. The highest BCUT2D eigenvalue weighted by Gasteiger charge is 2.18. The third kappa shape index (κ3) is 2.00. The zero-order valence-corrected chi connectivity index (χ0v) is 10.5. The van der Waals surface area contributed by atoms with Crippen molar-refractivity contribution in [3.05, 3.63) is 29.8 Å². The van der Waals surface area contributed by atoms with Gasteiger partial charge in [-0.25, -0.2) is 4.98 Å². The monoisotopic (exact) mass is 246 g/mol. The van der Waals surface area contributed by atoms with Crippen LogP contribution in [-0.4, -0.2) is 17.6 Å². The summed E-state index contributed by atoms with van der Waals surface area (Å²) in [6, 6.07) is 6.21. The van der Waals surface area contributed by atoms with Crippen LogP contribution in [0.3, 0.4) is 0 Å². The molecule has 0 aliphatic carbocycles. The molecule has 1 aromatic carbocycles. The fraction of sp³-hybridized carbons (Fsp3) is 0.308. The van der Waals surface area contributed by atoms with Gasteiger partial charge in [-0.1, -0.05) is 6.92 Å². The van der Waals surface area contributed by atoms with Crippen molar-refractivity contribution in [2.24, 2.45) is 0 Å². The van der Waals surface area contributed by atoms with E-state index in [0.29, 0.717) is 0 Å². The predicted octanol–water partition coefficient (Wildman–Crippen LogP) is 3.39. The van der Waals surface area contributed by atoms with E-state index in [2.05, 4.69) is 29.4 Å². The number of hydrogen-bond acceptors (Lipinski definition) is 4. The minimum atomic E-state index is 0.285. The molecule has 0 bridgehead atoms. The molecule has 0 fully saturated rings. The molecule has 3 nitrogen and oxygen atoms in total. The maximum absolute atomic E-state index is 5.87. The van der Waals surface area contributed by atoms with Gasteiger partial charge >= 0.3 is 0 Å². The molecule has 88 valence electrons. The standard InChI is InChI=1S/C13H14N2OS/c1-2-10-8-15-11-7-9(3-4-12(11)16-10)13-14-5-6-17-13/h3-7,10,15H,2,8H2,1H3. The molecule has 4 heteroatoms. The number of rotatable bonds is 2. The van der Waals surface area contributed by atoms with Crippen molar-refractivity contribution in [1.29, 1.82) is 0 Å². The molecule has 0 amide bonds. The van der Waals surface area contributed by atoms with Crippen LogP contribution in [0.25, 0.3) is 10.6 Å². The Morgan fingerprint density at radius 3 is 3.24 bits per heavy atom. The molecule has 0 saturated heterocycles. The fourth-order valence-corrected chi connectivity index (χ4v) is 2.58. The summed E-state index contributed by atoms with van der Waals surface area (Å²) < 4.78 is 5.87. The highest BCUT2D eigenvalue weighted by molar-refractivity contribution is 7.13. The average Bonchev–Trinajstić information content (AvgIpc) is 2.91. The zero-order valence-electron chi connectivity index (χ0n) is 9.64. The van der Waals surface area contributed by atoms with E-state index in [4.69, 9.17) is 4.74 Å². The maximum Gasteiger partial charge on any atom is 0.142 e. The van der Waals surface area contributed by atoms with Gasteiger partial charge in [-0.2, -0.15) is 0 Å². The Morgan fingerprint density at radius 1 is 1.53 bits per heavy atom. The molecule has 2 heterocycles. The first-order valence-electron chi connectivity index (χ1n) is 5.81. The minimum Gasteiger partial charge on any atom is -0.486 e. The van der Waals surface area contributed by atoms with Crippen LogP contribution in [0, 0.1) is 0 Å². The van der Waals surface area contributed by atoms with Crippen LogP contribution >= 0.6 is 11.3 Å². The summed E-state index contributed by atoms with van der Waals surface area (Å²) in [6.45, 7) is 3.02. The molecule has 3 rings (SSSR count). The number of thiazole rings is 1. The second kappa shape index (κ2) is 4.37. The molecule has 1 atom stereocenters. The Hall–Kier alpha value is -1.55. The van der Waals surface area contributed by atoms with Crippen molar-refractivity contribution < 1.29 is 4.74 Å². The van der Waals surface area contributed by atoms with Gasteiger partial charge in [0.05, 0.1) is 12.2 Å². The lowest BCUT2D eigenvalue weighted by Gasteiger charge is -2.26. The molecule has 1 N–H and O–H groups in total. The summed E-state index contributed by atoms with van der Waals surface area (Å²) in [6.07, 6.45) is 3.14. The van der Waals surface area contributed by atoms with Gasteiger partial charge in [-0.3, -0.25) is 0 Å². The first-order chi connectivity index (χ1) is 8.36. The largest absolute Gasteiger partial charge is 0.486 e. The Kier molecular flexibility index (Phi) is 2.73. The average molecular weight is 246 g/mol. The summed E-state index contributed by atoms with van der Waals surface area (Å²) >= 11 is 1.65. The normalized spacial score (nSPS) is 18.1. The molecular formula is C13H14N2OS. The minimum absolute atomic E-state index is 0.285. The first kappa shape index (κ1) is 10.6. The topological polar surface area (TPSA) is 34.2 Å². The smallest absolute Gasteiger partial charge is 0.142 e. The zero-order chi connectivity index (χ0) is 11.7. The Balaban J connectivity index is 1.93. The van der Waals surface area contributed by atoms with E-state index < -0.39 is 0 Å². The van der Waals surface area contributed by atoms with Gasteiger partial charge in [0.25, 0.3) is 0 Å². The third-order valence-corrected chi connectivity index (χ3v) is 3.75. The van der Waals surface area contributed by atoms with Crippen molar-refractivity contribution >= 4 is 17.0 Å². The van der Waals surface area contributed by atoms with E-state index in [-0.39, 0.29) is 6.10 Å². The number of aromatic nitrogens is 1. The van der Waals surface area contributed by atoms with Crippen LogP contribution in [0.4, 0.5) is 5.69 Å². The van der Waals surface area contributed by atoms with Gasteiger partial charge < -0.3 is 10.1 Å². The van der Waals surface area contributed by atoms with Crippen LogP contribution in [0.15, 0.2) is 29.8 Å². The molecule has 1 unspecified atom stereocenters. The first-order valence-corrected chi connectivity index (χ1v) is 6.69. The highest BCUT2D eigenvalue weighted by Crippen LogP contribution is 2.34. The maximum atomic E-state index is 5.87. The van der Waals surface area contributed by atoms with E-state index in [1.807, 2.05) is 17.6 Å².